The van der Waals surface area contributed by atoms with Gasteiger partial charge in [0.2, 0.25) is 0 Å². The first-order valence-electron chi connectivity index (χ1n) is 11.6. The Morgan fingerprint density at radius 2 is 1.75 bits per heavy atom. The van der Waals surface area contributed by atoms with E-state index in [0.29, 0.717) is 23.2 Å². The number of carbonyl (C=O) groups is 1. The first-order chi connectivity index (χ1) is 17.3. The van der Waals surface area contributed by atoms with Crippen LogP contribution in [0.5, 0.6) is 0 Å². The van der Waals surface area contributed by atoms with Crippen molar-refractivity contribution >= 4 is 22.5 Å². The van der Waals surface area contributed by atoms with E-state index in [2.05, 4.69) is 25.8 Å². The number of pyridine rings is 1. The lowest BCUT2D eigenvalue weighted by molar-refractivity contribution is -0.140. The predicted octanol–water partition coefficient (Wildman–Crippen LogP) is 5.94. The average Bonchev–Trinajstić information content (AvgIpc) is 3.34. The molecule has 10 heteroatoms. The summed E-state index contributed by atoms with van der Waals surface area (Å²) in [6.45, 7) is 0. The first kappa shape index (κ1) is 23.8. The number of alkyl halides is 3. The van der Waals surface area contributed by atoms with Gasteiger partial charge in [0.05, 0.1) is 11.2 Å². The molecule has 3 N–H and O–H groups in total. The summed E-state index contributed by atoms with van der Waals surface area (Å²) in [5.74, 6) is -0.807. The van der Waals surface area contributed by atoms with Gasteiger partial charge in [-0.25, -0.2) is 9.37 Å². The van der Waals surface area contributed by atoms with Crippen LogP contribution < -0.4 is 10.6 Å². The summed E-state index contributed by atoms with van der Waals surface area (Å²) < 4.78 is 54.3. The molecule has 1 aliphatic carbocycles. The SMILES string of the molecule is O=C(N[C@@H]1CCC[C@H](Nc2cc(C(F)(F)F)nc3ccccc23)C1)c1cc(-c2ccccc2F)n[nH]1. The smallest absolute Gasteiger partial charge is 0.382 e. The molecule has 2 aromatic carbocycles. The van der Waals surface area contributed by atoms with Gasteiger partial charge in [-0.3, -0.25) is 9.89 Å². The van der Waals surface area contributed by atoms with Crippen LogP contribution in [-0.2, 0) is 6.18 Å². The highest BCUT2D eigenvalue weighted by atomic mass is 19.4. The third kappa shape index (κ3) is 5.02. The molecule has 0 unspecified atom stereocenters. The second kappa shape index (κ2) is 9.60. The van der Waals surface area contributed by atoms with Crippen LogP contribution in [-0.4, -0.2) is 33.2 Å². The minimum atomic E-state index is -4.56. The van der Waals surface area contributed by atoms with Crippen molar-refractivity contribution in [2.24, 2.45) is 0 Å². The molecule has 2 atom stereocenters. The third-order valence-corrected chi connectivity index (χ3v) is 6.35. The standard InChI is InChI=1S/C26H23F4N5O/c27-19-10-3-1-8-17(19)22-13-23(35-34-22)25(36)32-16-7-5-6-15(12-16)31-21-14-24(26(28,29)30)33-20-11-4-2-9-18(20)21/h1-4,8-11,13-16H,5-7,12H2,(H,31,33)(H,32,36)(H,34,35)/t15-,16+/m0/s1. The Kier molecular flexibility index (Phi) is 6.34. The maximum Gasteiger partial charge on any atom is 0.433 e. The molecular weight excluding hydrogens is 474 g/mol. The van der Waals surface area contributed by atoms with Crippen LogP contribution in [0.3, 0.4) is 0 Å². The Morgan fingerprint density at radius 3 is 2.56 bits per heavy atom. The van der Waals surface area contributed by atoms with Gasteiger partial charge in [0.25, 0.3) is 5.91 Å². The first-order valence-corrected chi connectivity index (χ1v) is 11.6. The normalized spacial score (nSPS) is 18.2. The van der Waals surface area contributed by atoms with E-state index in [9.17, 15) is 22.4 Å². The highest BCUT2D eigenvalue weighted by Crippen LogP contribution is 2.34. The molecule has 1 aliphatic rings. The van der Waals surface area contributed by atoms with Crippen molar-refractivity contribution < 1.29 is 22.4 Å². The Hall–Kier alpha value is -3.95. The fourth-order valence-corrected chi connectivity index (χ4v) is 4.62. The fourth-order valence-electron chi connectivity index (χ4n) is 4.62. The summed E-state index contributed by atoms with van der Waals surface area (Å²) in [6.07, 6.45) is -1.73. The maximum absolute atomic E-state index is 14.0. The molecule has 4 aromatic rings. The number of aromatic amines is 1. The number of nitrogens with one attached hydrogen (secondary N) is 3. The molecule has 1 fully saturated rings. The van der Waals surface area contributed by atoms with Gasteiger partial charge in [-0.15, -0.1) is 0 Å². The number of rotatable bonds is 5. The van der Waals surface area contributed by atoms with E-state index in [4.69, 9.17) is 0 Å². The topological polar surface area (TPSA) is 82.7 Å². The number of fused-ring (bicyclic) bond motifs is 1. The zero-order chi connectivity index (χ0) is 25.3. The lowest BCUT2D eigenvalue weighted by Gasteiger charge is -2.31. The Labute approximate surface area is 204 Å². The van der Waals surface area contributed by atoms with Crippen LogP contribution >= 0.6 is 0 Å². The van der Waals surface area contributed by atoms with Crippen molar-refractivity contribution in [1.82, 2.24) is 20.5 Å². The molecule has 186 valence electrons. The number of aromatic nitrogens is 3. The summed E-state index contributed by atoms with van der Waals surface area (Å²) in [6, 6.07) is 15.1. The van der Waals surface area contributed by atoms with Crippen LogP contribution in [0.1, 0.15) is 41.9 Å². The number of H-pyrrole nitrogens is 1. The monoisotopic (exact) mass is 497 g/mol. The van der Waals surface area contributed by atoms with Crippen LogP contribution in [0.4, 0.5) is 23.2 Å². The summed E-state index contributed by atoms with van der Waals surface area (Å²) in [4.78, 5) is 16.6. The summed E-state index contributed by atoms with van der Waals surface area (Å²) in [5.41, 5.74) is 0.505. The number of carbonyl (C=O) groups excluding carboxylic acids is 1. The molecule has 0 bridgehead atoms. The van der Waals surface area contributed by atoms with Gasteiger partial charge in [-0.2, -0.15) is 18.3 Å². The second-order valence-electron chi connectivity index (χ2n) is 8.89. The van der Waals surface area contributed by atoms with E-state index in [1.165, 1.54) is 12.1 Å². The molecule has 1 saturated carbocycles. The van der Waals surface area contributed by atoms with Crippen LogP contribution in [0.25, 0.3) is 22.2 Å². The average molecular weight is 497 g/mol. The van der Waals surface area contributed by atoms with Crippen molar-refractivity contribution in [2.75, 3.05) is 5.32 Å². The van der Waals surface area contributed by atoms with Gasteiger partial charge < -0.3 is 10.6 Å². The number of hydrogen-bond acceptors (Lipinski definition) is 4. The molecule has 0 saturated heterocycles. The largest absolute Gasteiger partial charge is 0.433 e. The van der Waals surface area contributed by atoms with Gasteiger partial charge >= 0.3 is 6.18 Å². The third-order valence-electron chi connectivity index (χ3n) is 6.35. The molecule has 1 amide bonds. The molecule has 0 aliphatic heterocycles. The van der Waals surface area contributed by atoms with E-state index in [0.717, 1.165) is 25.3 Å². The summed E-state index contributed by atoms with van der Waals surface area (Å²) >= 11 is 0. The van der Waals surface area contributed by atoms with E-state index < -0.39 is 17.7 Å². The lowest BCUT2D eigenvalue weighted by atomic mass is 9.90. The van der Waals surface area contributed by atoms with Crippen molar-refractivity contribution in [3.8, 4) is 11.3 Å². The van der Waals surface area contributed by atoms with Crippen molar-refractivity contribution in [2.45, 2.75) is 43.9 Å². The summed E-state index contributed by atoms with van der Waals surface area (Å²) in [7, 11) is 0. The minimum Gasteiger partial charge on any atom is -0.382 e. The highest BCUT2D eigenvalue weighted by molar-refractivity contribution is 5.94. The molecule has 6 nitrogen and oxygen atoms in total. The number of para-hydroxylation sites is 1. The van der Waals surface area contributed by atoms with Gasteiger partial charge in [0.15, 0.2) is 0 Å². The second-order valence-corrected chi connectivity index (χ2v) is 8.89. The zero-order valence-corrected chi connectivity index (χ0v) is 19.1. The van der Waals surface area contributed by atoms with Gasteiger partial charge in [-0.05, 0) is 56.0 Å². The minimum absolute atomic E-state index is 0.133. The number of anilines is 1. The van der Waals surface area contributed by atoms with Crippen molar-refractivity contribution in [3.05, 3.63) is 77.9 Å². The van der Waals surface area contributed by atoms with Crippen LogP contribution in [0.15, 0.2) is 60.7 Å². The zero-order valence-electron chi connectivity index (χ0n) is 19.1. The molecule has 2 heterocycles. The number of benzene rings is 2. The molecule has 2 aromatic heterocycles. The van der Waals surface area contributed by atoms with Crippen LogP contribution in [0, 0.1) is 5.82 Å². The molecule has 36 heavy (non-hydrogen) atoms. The quantitative estimate of drug-likeness (QED) is 0.298. The molecular formula is C26H23F4N5O. The summed E-state index contributed by atoms with van der Waals surface area (Å²) in [5, 5.41) is 13.5. The Balaban J connectivity index is 1.29. The lowest BCUT2D eigenvalue weighted by Crippen LogP contribution is -2.42. The Bertz CT molecular complexity index is 1400. The van der Waals surface area contributed by atoms with Crippen LogP contribution in [0.2, 0.25) is 0 Å². The van der Waals surface area contributed by atoms with Gasteiger partial charge in [-0.1, -0.05) is 30.3 Å². The fraction of sp³-hybridized carbons (Fsp3) is 0.269. The highest BCUT2D eigenvalue weighted by Gasteiger charge is 2.34. The molecule has 5 rings (SSSR count). The van der Waals surface area contributed by atoms with Gasteiger partial charge in [0.1, 0.15) is 17.2 Å². The maximum atomic E-state index is 14.0. The Morgan fingerprint density at radius 1 is 1.00 bits per heavy atom. The molecule has 0 spiro atoms. The van der Waals surface area contributed by atoms with E-state index >= 15 is 0 Å². The number of nitrogens with zero attached hydrogens (tertiary/aromatic N) is 2. The van der Waals surface area contributed by atoms with E-state index in [-0.39, 0.29) is 34.8 Å². The number of amides is 1. The number of hydrogen-bond donors (Lipinski definition) is 3. The van der Waals surface area contributed by atoms with E-state index in [1.807, 2.05) is 0 Å². The predicted molar refractivity (Wildman–Crippen MR) is 128 cm³/mol. The number of halogens is 4. The molecule has 0 radical (unpaired) electrons. The van der Waals surface area contributed by atoms with Crippen molar-refractivity contribution in [1.29, 1.82) is 0 Å². The van der Waals surface area contributed by atoms with E-state index in [1.54, 1.807) is 42.5 Å². The van der Waals surface area contributed by atoms with Gasteiger partial charge in [0, 0.05) is 28.7 Å². The van der Waals surface area contributed by atoms with Crippen molar-refractivity contribution in [3.63, 3.8) is 0 Å².